The van der Waals surface area contributed by atoms with E-state index in [0.717, 1.165) is 11.1 Å². The van der Waals surface area contributed by atoms with Crippen LogP contribution >= 0.6 is 0 Å². The molecule has 28 heavy (non-hydrogen) atoms. The van der Waals surface area contributed by atoms with Gasteiger partial charge in [-0.15, -0.1) is 0 Å². The lowest BCUT2D eigenvalue weighted by molar-refractivity contribution is 0.0951. The first-order valence-corrected chi connectivity index (χ1v) is 8.71. The summed E-state index contributed by atoms with van der Waals surface area (Å²) in [6.07, 6.45) is 5.18. The molecule has 0 spiro atoms. The molecule has 1 aromatic carbocycles. The van der Waals surface area contributed by atoms with Crippen LogP contribution in [0.3, 0.4) is 0 Å². The maximum atomic E-state index is 12.7. The van der Waals surface area contributed by atoms with Gasteiger partial charge < -0.3 is 15.5 Å². The molecule has 0 bridgehead atoms. The molecule has 3 rings (SSSR count). The van der Waals surface area contributed by atoms with Gasteiger partial charge in [0.1, 0.15) is 5.69 Å². The summed E-state index contributed by atoms with van der Waals surface area (Å²) in [6.45, 7) is 0.325. The fraction of sp³-hybridized carbons (Fsp3) is 0.263. The van der Waals surface area contributed by atoms with Crippen molar-refractivity contribution in [1.82, 2.24) is 29.8 Å². The Morgan fingerprint density at radius 3 is 2.61 bits per heavy atom. The largest absolute Gasteiger partial charge is 0.348 e. The Bertz CT molecular complexity index is 1000. The third-order valence-electron chi connectivity index (χ3n) is 4.09. The maximum absolute atomic E-state index is 12.7. The zero-order chi connectivity index (χ0) is 20.3. The van der Waals surface area contributed by atoms with Crippen molar-refractivity contribution in [2.45, 2.75) is 6.54 Å². The molecule has 0 saturated carbocycles. The Labute approximate surface area is 162 Å². The van der Waals surface area contributed by atoms with Gasteiger partial charge >= 0.3 is 6.03 Å². The molecule has 0 aliphatic heterocycles. The predicted molar refractivity (Wildman–Crippen MR) is 106 cm³/mol. The normalized spacial score (nSPS) is 10.6. The molecule has 9 heteroatoms. The van der Waals surface area contributed by atoms with Crippen LogP contribution in [0.15, 0.2) is 42.9 Å². The van der Waals surface area contributed by atoms with Gasteiger partial charge in [-0.1, -0.05) is 12.1 Å². The van der Waals surface area contributed by atoms with Gasteiger partial charge in [-0.25, -0.2) is 4.79 Å². The lowest BCUT2D eigenvalue weighted by atomic mass is 10.1. The molecule has 9 nitrogen and oxygen atoms in total. The quantitative estimate of drug-likeness (QED) is 0.705. The summed E-state index contributed by atoms with van der Waals surface area (Å²) in [7, 11) is 6.93. The summed E-state index contributed by atoms with van der Waals surface area (Å²) >= 11 is 0. The maximum Gasteiger partial charge on any atom is 0.321 e. The topological polar surface area (TPSA) is 97.1 Å². The first-order valence-electron chi connectivity index (χ1n) is 8.71. The molecule has 0 unspecified atom stereocenters. The number of urea groups is 1. The van der Waals surface area contributed by atoms with Gasteiger partial charge in [0.25, 0.3) is 5.91 Å². The monoisotopic (exact) mass is 381 g/mol. The van der Waals surface area contributed by atoms with E-state index >= 15 is 0 Å². The van der Waals surface area contributed by atoms with Crippen LogP contribution < -0.4 is 10.6 Å². The molecular formula is C19H23N7O2. The summed E-state index contributed by atoms with van der Waals surface area (Å²) in [5, 5.41) is 14.2. The summed E-state index contributed by atoms with van der Waals surface area (Å²) < 4.78 is 3.27. The summed E-state index contributed by atoms with van der Waals surface area (Å²) in [6, 6.07) is 7.13. The van der Waals surface area contributed by atoms with Gasteiger partial charge in [0.15, 0.2) is 0 Å². The van der Waals surface area contributed by atoms with E-state index in [9.17, 15) is 9.59 Å². The lowest BCUT2D eigenvalue weighted by Gasteiger charge is -2.13. The first kappa shape index (κ1) is 19.2. The van der Waals surface area contributed by atoms with Crippen molar-refractivity contribution in [3.8, 4) is 11.3 Å². The molecule has 3 aromatic rings. The van der Waals surface area contributed by atoms with Crippen LogP contribution in [0.2, 0.25) is 0 Å². The van der Waals surface area contributed by atoms with Crippen LogP contribution in [0.1, 0.15) is 15.9 Å². The third-order valence-corrected chi connectivity index (χ3v) is 4.09. The minimum atomic E-state index is -0.227. The van der Waals surface area contributed by atoms with E-state index in [1.807, 2.05) is 31.4 Å². The Balaban J connectivity index is 1.71. The Hall–Kier alpha value is -3.62. The van der Waals surface area contributed by atoms with Gasteiger partial charge in [-0.3, -0.25) is 14.2 Å². The van der Waals surface area contributed by atoms with Crippen LogP contribution in [-0.4, -0.2) is 50.5 Å². The number of carbonyl (C=O) groups is 2. The molecular weight excluding hydrogens is 358 g/mol. The predicted octanol–water partition coefficient (Wildman–Crippen LogP) is 1.84. The minimum Gasteiger partial charge on any atom is -0.348 e. The van der Waals surface area contributed by atoms with Crippen LogP contribution in [0.25, 0.3) is 11.3 Å². The van der Waals surface area contributed by atoms with Crippen molar-refractivity contribution in [1.29, 1.82) is 0 Å². The fourth-order valence-electron chi connectivity index (χ4n) is 2.68. The number of hydrogen-bond acceptors (Lipinski definition) is 4. The minimum absolute atomic E-state index is 0.211. The van der Waals surface area contributed by atoms with Crippen LogP contribution in [-0.2, 0) is 20.6 Å². The second-order valence-corrected chi connectivity index (χ2v) is 6.68. The van der Waals surface area contributed by atoms with Crippen molar-refractivity contribution < 1.29 is 9.59 Å². The van der Waals surface area contributed by atoms with E-state index < -0.39 is 0 Å². The lowest BCUT2D eigenvalue weighted by Crippen LogP contribution is -2.27. The Morgan fingerprint density at radius 2 is 1.93 bits per heavy atom. The highest BCUT2D eigenvalue weighted by molar-refractivity contribution is 5.99. The van der Waals surface area contributed by atoms with E-state index in [-0.39, 0.29) is 11.9 Å². The van der Waals surface area contributed by atoms with Gasteiger partial charge in [0.2, 0.25) is 0 Å². The number of aromatic nitrogens is 4. The zero-order valence-electron chi connectivity index (χ0n) is 16.3. The SMILES string of the molecule is CN(C)C(=O)Nc1cccc(CNC(=O)c2cn(C)nc2-c2cnn(C)c2)c1. The molecule has 3 amide bonds. The van der Waals surface area contributed by atoms with Crippen LogP contribution in [0, 0.1) is 0 Å². The Morgan fingerprint density at radius 1 is 1.14 bits per heavy atom. The molecule has 0 saturated heterocycles. The summed E-state index contributed by atoms with van der Waals surface area (Å²) in [4.78, 5) is 26.0. The van der Waals surface area contributed by atoms with Crippen molar-refractivity contribution >= 4 is 17.6 Å². The van der Waals surface area contributed by atoms with Crippen molar-refractivity contribution in [3.05, 3.63) is 54.0 Å². The smallest absolute Gasteiger partial charge is 0.321 e. The van der Waals surface area contributed by atoms with E-state index in [4.69, 9.17) is 0 Å². The number of benzene rings is 1. The highest BCUT2D eigenvalue weighted by atomic mass is 16.2. The van der Waals surface area contributed by atoms with Crippen molar-refractivity contribution in [2.75, 3.05) is 19.4 Å². The number of anilines is 1. The van der Waals surface area contributed by atoms with Crippen molar-refractivity contribution in [3.63, 3.8) is 0 Å². The number of nitrogens with one attached hydrogen (secondary N) is 2. The summed E-state index contributed by atoms with van der Waals surface area (Å²) in [5.41, 5.74) is 3.38. The molecule has 0 fully saturated rings. The zero-order valence-corrected chi connectivity index (χ0v) is 16.3. The number of aryl methyl sites for hydroxylation is 2. The van der Waals surface area contributed by atoms with E-state index in [1.54, 1.807) is 49.0 Å². The van der Waals surface area contributed by atoms with Gasteiger partial charge in [0, 0.05) is 58.4 Å². The first-order chi connectivity index (χ1) is 13.3. The van der Waals surface area contributed by atoms with Crippen molar-refractivity contribution in [2.24, 2.45) is 14.1 Å². The van der Waals surface area contributed by atoms with E-state index in [0.29, 0.717) is 23.5 Å². The average molecular weight is 381 g/mol. The Kier molecular flexibility index (Phi) is 5.44. The molecule has 0 aliphatic carbocycles. The molecule has 2 N–H and O–H groups in total. The average Bonchev–Trinajstić information content (AvgIpc) is 3.25. The number of carbonyl (C=O) groups excluding carboxylic acids is 2. The van der Waals surface area contributed by atoms with Gasteiger partial charge in [-0.2, -0.15) is 10.2 Å². The number of amides is 3. The molecule has 0 radical (unpaired) electrons. The second-order valence-electron chi connectivity index (χ2n) is 6.68. The van der Waals surface area contributed by atoms with Gasteiger partial charge in [0.05, 0.1) is 11.8 Å². The highest BCUT2D eigenvalue weighted by Gasteiger charge is 2.18. The number of rotatable bonds is 5. The molecule has 146 valence electrons. The third kappa shape index (κ3) is 4.37. The van der Waals surface area contributed by atoms with E-state index in [1.165, 1.54) is 4.90 Å². The molecule has 2 aromatic heterocycles. The second kappa shape index (κ2) is 7.95. The van der Waals surface area contributed by atoms with Crippen LogP contribution in [0.4, 0.5) is 10.5 Å². The molecule has 0 aliphatic rings. The number of hydrogen-bond donors (Lipinski definition) is 2. The van der Waals surface area contributed by atoms with Crippen LogP contribution in [0.5, 0.6) is 0 Å². The summed E-state index contributed by atoms with van der Waals surface area (Å²) in [5.74, 6) is -0.227. The van der Waals surface area contributed by atoms with Gasteiger partial charge in [-0.05, 0) is 17.7 Å². The van der Waals surface area contributed by atoms with E-state index in [2.05, 4.69) is 20.8 Å². The standard InChI is InChI=1S/C19H23N7O2/c1-24(2)19(28)22-15-7-5-6-13(8-15)9-20-18(27)16-12-26(4)23-17(16)14-10-21-25(3)11-14/h5-8,10-12H,9H2,1-4H3,(H,20,27)(H,22,28). The molecule has 2 heterocycles. The highest BCUT2D eigenvalue weighted by Crippen LogP contribution is 2.21. The number of nitrogens with zero attached hydrogens (tertiary/aromatic N) is 5. The fourth-order valence-corrected chi connectivity index (χ4v) is 2.68. The molecule has 0 atom stereocenters.